The van der Waals surface area contributed by atoms with E-state index in [0.717, 1.165) is 30.2 Å². The van der Waals surface area contributed by atoms with Crippen LogP contribution in [0.15, 0.2) is 67.0 Å². The number of rotatable bonds is 5. The smallest absolute Gasteiger partial charge is 0.269 e. The second-order valence-corrected chi connectivity index (χ2v) is 7.18. The van der Waals surface area contributed by atoms with Crippen molar-refractivity contribution in [1.29, 1.82) is 0 Å². The summed E-state index contributed by atoms with van der Waals surface area (Å²) < 4.78 is 0. The Kier molecular flexibility index (Phi) is 5.65. The van der Waals surface area contributed by atoms with Crippen molar-refractivity contribution in [2.24, 2.45) is 5.92 Å². The van der Waals surface area contributed by atoms with Gasteiger partial charge in [0.1, 0.15) is 12.1 Å². The molecule has 3 aromatic rings. The van der Waals surface area contributed by atoms with Gasteiger partial charge in [0.15, 0.2) is 0 Å². The number of amides is 1. The van der Waals surface area contributed by atoms with Gasteiger partial charge in [-0.2, -0.15) is 0 Å². The molecule has 0 bridgehead atoms. The minimum Gasteiger partial charge on any atom is -0.356 e. The Bertz CT molecular complexity index is 1030. The number of nitro benzene ring substituents is 1. The normalized spacial score (nSPS) is 14.3. The SMILES string of the molecule is O=C(Nc1ccc([N+](=O)[O-])cc1)C1CCN(c2cc(-c3ccccc3)ncn2)CC1. The number of nitrogens with one attached hydrogen (secondary N) is 1. The quantitative estimate of drug-likeness (QED) is 0.512. The Balaban J connectivity index is 1.36. The van der Waals surface area contributed by atoms with Gasteiger partial charge in [0.25, 0.3) is 5.69 Å². The van der Waals surface area contributed by atoms with E-state index in [1.165, 1.54) is 12.1 Å². The van der Waals surface area contributed by atoms with Gasteiger partial charge in [-0.25, -0.2) is 9.97 Å². The average Bonchev–Trinajstić information content (AvgIpc) is 2.80. The van der Waals surface area contributed by atoms with E-state index in [2.05, 4.69) is 20.2 Å². The molecule has 2 heterocycles. The van der Waals surface area contributed by atoms with E-state index < -0.39 is 4.92 Å². The second-order valence-electron chi connectivity index (χ2n) is 7.18. The van der Waals surface area contributed by atoms with Crippen molar-refractivity contribution in [3.63, 3.8) is 0 Å². The predicted molar refractivity (Wildman–Crippen MR) is 114 cm³/mol. The standard InChI is InChI=1S/C22H21N5O3/c28-22(25-18-6-8-19(9-7-18)27(29)30)17-10-12-26(13-11-17)21-14-20(23-15-24-21)16-4-2-1-3-5-16/h1-9,14-15,17H,10-13H2,(H,25,28). The van der Waals surface area contributed by atoms with E-state index in [-0.39, 0.29) is 17.5 Å². The average molecular weight is 403 g/mol. The molecule has 2 aromatic carbocycles. The zero-order valence-corrected chi connectivity index (χ0v) is 16.3. The van der Waals surface area contributed by atoms with E-state index in [1.807, 2.05) is 36.4 Å². The monoisotopic (exact) mass is 403 g/mol. The number of hydrogen-bond donors (Lipinski definition) is 1. The molecule has 1 aliphatic heterocycles. The lowest BCUT2D eigenvalue weighted by molar-refractivity contribution is -0.384. The maximum atomic E-state index is 12.6. The maximum Gasteiger partial charge on any atom is 0.269 e. The number of aromatic nitrogens is 2. The molecule has 0 atom stereocenters. The maximum absolute atomic E-state index is 12.6. The summed E-state index contributed by atoms with van der Waals surface area (Å²) in [7, 11) is 0. The molecule has 0 saturated carbocycles. The molecule has 8 nitrogen and oxygen atoms in total. The molecule has 1 N–H and O–H groups in total. The zero-order chi connectivity index (χ0) is 20.9. The number of nitro groups is 1. The minimum atomic E-state index is -0.461. The summed E-state index contributed by atoms with van der Waals surface area (Å²) in [5.74, 6) is 0.695. The second kappa shape index (κ2) is 8.69. The summed E-state index contributed by atoms with van der Waals surface area (Å²) in [6, 6.07) is 17.8. The molecule has 1 saturated heterocycles. The van der Waals surface area contributed by atoms with Gasteiger partial charge in [-0.1, -0.05) is 30.3 Å². The van der Waals surface area contributed by atoms with Crippen LogP contribution in [-0.4, -0.2) is 33.9 Å². The highest BCUT2D eigenvalue weighted by molar-refractivity contribution is 5.92. The number of carbonyl (C=O) groups is 1. The fraction of sp³-hybridized carbons (Fsp3) is 0.227. The van der Waals surface area contributed by atoms with Gasteiger partial charge >= 0.3 is 0 Å². The summed E-state index contributed by atoms with van der Waals surface area (Å²) in [6.45, 7) is 1.45. The van der Waals surface area contributed by atoms with Crippen LogP contribution in [0, 0.1) is 16.0 Å². The van der Waals surface area contributed by atoms with Crippen LogP contribution < -0.4 is 10.2 Å². The molecule has 1 fully saturated rings. The molecule has 0 radical (unpaired) electrons. The molecule has 8 heteroatoms. The number of carbonyl (C=O) groups excluding carboxylic acids is 1. The highest BCUT2D eigenvalue weighted by Crippen LogP contribution is 2.26. The zero-order valence-electron chi connectivity index (χ0n) is 16.3. The third-order valence-electron chi connectivity index (χ3n) is 5.26. The fourth-order valence-electron chi connectivity index (χ4n) is 3.57. The summed E-state index contributed by atoms with van der Waals surface area (Å²) in [6.07, 6.45) is 3.00. The van der Waals surface area contributed by atoms with Crippen LogP contribution in [-0.2, 0) is 4.79 Å². The first kappa shape index (κ1) is 19.5. The third-order valence-corrected chi connectivity index (χ3v) is 5.26. The number of nitrogens with zero attached hydrogens (tertiary/aromatic N) is 4. The van der Waals surface area contributed by atoms with Crippen molar-refractivity contribution in [3.05, 3.63) is 77.1 Å². The largest absolute Gasteiger partial charge is 0.356 e. The highest BCUT2D eigenvalue weighted by Gasteiger charge is 2.26. The summed E-state index contributed by atoms with van der Waals surface area (Å²) in [4.78, 5) is 33.8. The third kappa shape index (κ3) is 4.43. The highest BCUT2D eigenvalue weighted by atomic mass is 16.6. The van der Waals surface area contributed by atoms with Gasteiger partial charge in [0, 0.05) is 48.5 Å². The van der Waals surface area contributed by atoms with Crippen molar-refractivity contribution in [3.8, 4) is 11.3 Å². The fourth-order valence-corrected chi connectivity index (χ4v) is 3.57. The predicted octanol–water partition coefficient (Wildman–Crippen LogP) is 3.91. The lowest BCUT2D eigenvalue weighted by atomic mass is 9.95. The van der Waals surface area contributed by atoms with Crippen LogP contribution in [0.5, 0.6) is 0 Å². The Morgan fingerprint density at radius 1 is 1.03 bits per heavy atom. The minimum absolute atomic E-state index is 0.000954. The van der Waals surface area contributed by atoms with Crippen molar-refractivity contribution in [1.82, 2.24) is 9.97 Å². The van der Waals surface area contributed by atoms with E-state index in [1.54, 1.807) is 18.5 Å². The van der Waals surface area contributed by atoms with E-state index >= 15 is 0 Å². The molecule has 0 unspecified atom stereocenters. The molecule has 1 amide bonds. The van der Waals surface area contributed by atoms with Crippen molar-refractivity contribution >= 4 is 23.1 Å². The van der Waals surface area contributed by atoms with E-state index in [4.69, 9.17) is 0 Å². The molecular weight excluding hydrogens is 382 g/mol. The van der Waals surface area contributed by atoms with Gasteiger partial charge in [0.05, 0.1) is 10.6 Å². The van der Waals surface area contributed by atoms with Crippen molar-refractivity contribution in [2.45, 2.75) is 12.8 Å². The van der Waals surface area contributed by atoms with Gasteiger partial charge in [0.2, 0.25) is 5.91 Å². The van der Waals surface area contributed by atoms with Crippen molar-refractivity contribution in [2.75, 3.05) is 23.3 Å². The van der Waals surface area contributed by atoms with Crippen LogP contribution in [0.4, 0.5) is 17.2 Å². The first-order valence-electron chi connectivity index (χ1n) is 9.78. The Morgan fingerprint density at radius 3 is 2.40 bits per heavy atom. The van der Waals surface area contributed by atoms with Crippen LogP contribution in [0.2, 0.25) is 0 Å². The first-order chi connectivity index (χ1) is 14.6. The molecule has 0 aliphatic carbocycles. The van der Waals surface area contributed by atoms with Gasteiger partial charge in [-0.05, 0) is 25.0 Å². The molecule has 30 heavy (non-hydrogen) atoms. The summed E-state index contributed by atoms with van der Waals surface area (Å²) in [5, 5.41) is 13.6. The summed E-state index contributed by atoms with van der Waals surface area (Å²) in [5.41, 5.74) is 2.48. The van der Waals surface area contributed by atoms with Crippen LogP contribution >= 0.6 is 0 Å². The topological polar surface area (TPSA) is 101 Å². The van der Waals surface area contributed by atoms with Crippen LogP contribution in [0.25, 0.3) is 11.3 Å². The number of piperidine rings is 1. The number of hydrogen-bond acceptors (Lipinski definition) is 6. The lowest BCUT2D eigenvalue weighted by Gasteiger charge is -2.32. The number of benzene rings is 2. The molecule has 1 aliphatic rings. The van der Waals surface area contributed by atoms with Crippen LogP contribution in [0.1, 0.15) is 12.8 Å². The van der Waals surface area contributed by atoms with Gasteiger partial charge in [-0.15, -0.1) is 0 Å². The van der Waals surface area contributed by atoms with Gasteiger partial charge < -0.3 is 10.2 Å². The van der Waals surface area contributed by atoms with E-state index in [9.17, 15) is 14.9 Å². The lowest BCUT2D eigenvalue weighted by Crippen LogP contribution is -2.38. The Morgan fingerprint density at radius 2 is 1.73 bits per heavy atom. The Hall–Kier alpha value is -3.81. The Labute approximate surface area is 173 Å². The van der Waals surface area contributed by atoms with Gasteiger partial charge in [-0.3, -0.25) is 14.9 Å². The molecule has 1 aromatic heterocycles. The number of anilines is 2. The molecule has 4 rings (SSSR count). The molecular formula is C22H21N5O3. The first-order valence-corrected chi connectivity index (χ1v) is 9.78. The number of non-ortho nitro benzene ring substituents is 1. The summed E-state index contributed by atoms with van der Waals surface area (Å²) >= 11 is 0. The molecule has 152 valence electrons. The molecule has 0 spiro atoms. The van der Waals surface area contributed by atoms with E-state index in [0.29, 0.717) is 18.5 Å². The van der Waals surface area contributed by atoms with Crippen molar-refractivity contribution < 1.29 is 9.72 Å². The van der Waals surface area contributed by atoms with Crippen LogP contribution in [0.3, 0.4) is 0 Å².